The van der Waals surface area contributed by atoms with Crippen molar-refractivity contribution in [2.75, 3.05) is 18.0 Å². The minimum atomic E-state index is -4.26. The second-order valence-corrected chi connectivity index (χ2v) is 14.6. The van der Waals surface area contributed by atoms with Gasteiger partial charge in [0.25, 0.3) is 10.0 Å². The molecule has 0 aliphatic heterocycles. The molecule has 1 aliphatic rings. The zero-order valence-electron chi connectivity index (χ0n) is 27.6. The van der Waals surface area contributed by atoms with E-state index in [0.29, 0.717) is 10.8 Å². The number of halogens is 1. The van der Waals surface area contributed by atoms with E-state index in [1.807, 2.05) is 62.4 Å². The van der Waals surface area contributed by atoms with Gasteiger partial charge in [0.15, 0.2) is 0 Å². The van der Waals surface area contributed by atoms with E-state index in [2.05, 4.69) is 5.32 Å². The Hall–Kier alpha value is -4.34. The highest BCUT2D eigenvalue weighted by atomic mass is 35.5. The molecular formula is C38H42ClN3O5S. The second-order valence-electron chi connectivity index (χ2n) is 12.3. The number of nitrogens with zero attached hydrogens (tertiary/aromatic N) is 2. The highest BCUT2D eigenvalue weighted by Gasteiger charge is 2.36. The number of aryl methyl sites for hydroxylation is 2. The minimum Gasteiger partial charge on any atom is -0.495 e. The van der Waals surface area contributed by atoms with Gasteiger partial charge in [-0.15, -0.1) is 0 Å². The van der Waals surface area contributed by atoms with E-state index in [1.54, 1.807) is 36.4 Å². The summed E-state index contributed by atoms with van der Waals surface area (Å²) < 4.78 is 35.5. The molecule has 0 bridgehead atoms. The van der Waals surface area contributed by atoms with Crippen LogP contribution in [0.5, 0.6) is 5.75 Å². The van der Waals surface area contributed by atoms with Crippen molar-refractivity contribution in [3.05, 3.63) is 124 Å². The highest BCUT2D eigenvalue weighted by Crippen LogP contribution is 2.34. The molecule has 1 atom stereocenters. The lowest BCUT2D eigenvalue weighted by Gasteiger charge is -2.34. The summed E-state index contributed by atoms with van der Waals surface area (Å²) >= 11 is 6.19. The first-order chi connectivity index (χ1) is 23.0. The Morgan fingerprint density at radius 3 is 2.17 bits per heavy atom. The molecule has 10 heteroatoms. The number of sulfonamides is 1. The number of anilines is 1. The third-order valence-corrected chi connectivity index (χ3v) is 10.8. The van der Waals surface area contributed by atoms with Crippen LogP contribution < -0.4 is 14.4 Å². The number of hydrogen-bond acceptors (Lipinski definition) is 5. The van der Waals surface area contributed by atoms with Crippen LogP contribution in [0, 0.1) is 13.8 Å². The van der Waals surface area contributed by atoms with E-state index in [4.69, 9.17) is 16.3 Å². The van der Waals surface area contributed by atoms with Crippen LogP contribution in [-0.2, 0) is 32.6 Å². The third-order valence-electron chi connectivity index (χ3n) is 8.73. The van der Waals surface area contributed by atoms with E-state index >= 15 is 0 Å². The zero-order valence-corrected chi connectivity index (χ0v) is 29.1. The fraction of sp³-hybridized carbons (Fsp3) is 0.316. The van der Waals surface area contributed by atoms with E-state index in [-0.39, 0.29) is 35.5 Å². The van der Waals surface area contributed by atoms with Crippen molar-refractivity contribution in [2.45, 2.75) is 69.5 Å². The summed E-state index contributed by atoms with van der Waals surface area (Å²) in [4.78, 5) is 30.5. The molecule has 1 N–H and O–H groups in total. The Balaban J connectivity index is 1.60. The van der Waals surface area contributed by atoms with Crippen LogP contribution in [0.3, 0.4) is 0 Å². The number of carbonyl (C=O) groups is 2. The van der Waals surface area contributed by atoms with Crippen LogP contribution >= 0.6 is 11.6 Å². The van der Waals surface area contributed by atoms with Gasteiger partial charge in [-0.1, -0.05) is 90.7 Å². The monoisotopic (exact) mass is 687 g/mol. The summed E-state index contributed by atoms with van der Waals surface area (Å²) in [6.07, 6.45) is 4.07. The molecule has 0 aromatic heterocycles. The van der Waals surface area contributed by atoms with E-state index in [0.717, 1.165) is 52.2 Å². The molecule has 0 spiro atoms. The number of nitrogens with one attached hydrogen (secondary N) is 1. The SMILES string of the molecule is COc1ccc(C)cc1N(CC(=O)N(Cc1ccc(Cl)cc1)[C@H](Cc1ccccc1)C(=O)NC1CCCC1)S(=O)(=O)c1ccc(C)cc1. The first kappa shape index (κ1) is 35.0. The molecule has 0 unspecified atom stereocenters. The van der Waals surface area contributed by atoms with Gasteiger partial charge in [0.05, 0.1) is 17.7 Å². The van der Waals surface area contributed by atoms with Gasteiger partial charge < -0.3 is 15.0 Å². The molecule has 5 rings (SSSR count). The first-order valence-electron chi connectivity index (χ1n) is 16.2. The molecule has 4 aromatic rings. The molecule has 0 heterocycles. The van der Waals surface area contributed by atoms with Crippen molar-refractivity contribution >= 4 is 39.1 Å². The van der Waals surface area contributed by atoms with Crippen molar-refractivity contribution in [3.63, 3.8) is 0 Å². The molecule has 252 valence electrons. The topological polar surface area (TPSA) is 96.0 Å². The van der Waals surface area contributed by atoms with E-state index < -0.39 is 28.5 Å². The number of carbonyl (C=O) groups excluding carboxylic acids is 2. The predicted molar refractivity (Wildman–Crippen MR) is 190 cm³/mol. The average molecular weight is 688 g/mol. The molecule has 1 aliphatic carbocycles. The largest absolute Gasteiger partial charge is 0.495 e. The normalized spacial score (nSPS) is 13.9. The summed E-state index contributed by atoms with van der Waals surface area (Å²) in [6.45, 7) is 3.22. The van der Waals surface area contributed by atoms with Gasteiger partial charge in [0.1, 0.15) is 18.3 Å². The lowest BCUT2D eigenvalue weighted by molar-refractivity contribution is -0.140. The Morgan fingerprint density at radius 1 is 0.875 bits per heavy atom. The lowest BCUT2D eigenvalue weighted by Crippen LogP contribution is -2.54. The maximum absolute atomic E-state index is 14.8. The molecule has 0 radical (unpaired) electrons. The quantitative estimate of drug-likeness (QED) is 0.166. The van der Waals surface area contributed by atoms with Crippen LogP contribution in [0.4, 0.5) is 5.69 Å². The fourth-order valence-corrected chi connectivity index (χ4v) is 7.60. The van der Waals surface area contributed by atoms with Crippen molar-refractivity contribution < 1.29 is 22.7 Å². The van der Waals surface area contributed by atoms with Gasteiger partial charge in [-0.25, -0.2) is 8.42 Å². The van der Waals surface area contributed by atoms with Crippen molar-refractivity contribution in [3.8, 4) is 5.75 Å². The van der Waals surface area contributed by atoms with Gasteiger partial charge in [0, 0.05) is 24.0 Å². The Bertz CT molecular complexity index is 1810. The standard InChI is InChI=1S/C38H42ClN3O5S/c1-27-13-20-33(21-14-27)48(45,46)42(34-23-28(2)15-22-36(34)47-3)26-37(43)41(25-30-16-18-31(39)19-17-30)35(24-29-9-5-4-6-10-29)38(44)40-32-11-7-8-12-32/h4-6,9-10,13-23,32,35H,7-8,11-12,24-26H2,1-3H3,(H,40,44)/t35-/m1/s1. The minimum absolute atomic E-state index is 0.0261. The number of ether oxygens (including phenoxy) is 1. The van der Waals surface area contributed by atoms with Gasteiger partial charge in [-0.3, -0.25) is 13.9 Å². The van der Waals surface area contributed by atoms with Crippen LogP contribution in [-0.4, -0.2) is 50.9 Å². The third kappa shape index (κ3) is 8.57. The van der Waals surface area contributed by atoms with Crippen LogP contribution in [0.15, 0.2) is 102 Å². The van der Waals surface area contributed by atoms with Crippen LogP contribution in [0.25, 0.3) is 0 Å². The van der Waals surface area contributed by atoms with Gasteiger partial charge in [-0.05, 0) is 79.8 Å². The Morgan fingerprint density at radius 2 is 1.52 bits per heavy atom. The van der Waals surface area contributed by atoms with Crippen molar-refractivity contribution in [1.29, 1.82) is 0 Å². The number of amides is 2. The smallest absolute Gasteiger partial charge is 0.264 e. The average Bonchev–Trinajstić information content (AvgIpc) is 3.59. The summed E-state index contributed by atoms with van der Waals surface area (Å²) in [6, 6.07) is 27.4. The highest BCUT2D eigenvalue weighted by molar-refractivity contribution is 7.92. The second kappa shape index (κ2) is 15.7. The van der Waals surface area contributed by atoms with Gasteiger partial charge in [0.2, 0.25) is 11.8 Å². The van der Waals surface area contributed by atoms with Gasteiger partial charge >= 0.3 is 0 Å². The number of rotatable bonds is 13. The zero-order chi connectivity index (χ0) is 34.3. The summed E-state index contributed by atoms with van der Waals surface area (Å²) in [5, 5.41) is 3.74. The van der Waals surface area contributed by atoms with Crippen molar-refractivity contribution in [1.82, 2.24) is 10.2 Å². The Labute approximate surface area is 288 Å². The molecule has 1 fully saturated rings. The molecular weight excluding hydrogens is 646 g/mol. The lowest BCUT2D eigenvalue weighted by atomic mass is 10.0. The summed E-state index contributed by atoms with van der Waals surface area (Å²) in [5.74, 6) is -0.506. The number of methoxy groups -OCH3 is 1. The molecule has 8 nitrogen and oxygen atoms in total. The molecule has 1 saturated carbocycles. The molecule has 4 aromatic carbocycles. The molecule has 2 amide bonds. The predicted octanol–water partition coefficient (Wildman–Crippen LogP) is 6.86. The Kier molecular flexibility index (Phi) is 11.4. The van der Waals surface area contributed by atoms with Crippen LogP contribution in [0.2, 0.25) is 5.02 Å². The maximum atomic E-state index is 14.8. The summed E-state index contributed by atoms with van der Waals surface area (Å²) in [7, 11) is -2.80. The molecule has 48 heavy (non-hydrogen) atoms. The number of hydrogen-bond donors (Lipinski definition) is 1. The van der Waals surface area contributed by atoms with E-state index in [1.165, 1.54) is 24.1 Å². The maximum Gasteiger partial charge on any atom is 0.264 e. The summed E-state index contributed by atoms with van der Waals surface area (Å²) in [5.41, 5.74) is 3.55. The number of benzene rings is 4. The van der Waals surface area contributed by atoms with Gasteiger partial charge in [-0.2, -0.15) is 0 Å². The van der Waals surface area contributed by atoms with Crippen LogP contribution in [0.1, 0.15) is 47.9 Å². The van der Waals surface area contributed by atoms with Crippen molar-refractivity contribution in [2.24, 2.45) is 0 Å². The first-order valence-corrected chi connectivity index (χ1v) is 18.0. The van der Waals surface area contributed by atoms with E-state index in [9.17, 15) is 18.0 Å². The molecule has 0 saturated heterocycles. The fourth-order valence-electron chi connectivity index (χ4n) is 6.05.